The molecule has 0 aromatic heterocycles. The molecule has 0 spiro atoms. The van der Waals surface area contributed by atoms with Crippen molar-refractivity contribution in [3.8, 4) is 0 Å². The van der Waals surface area contributed by atoms with E-state index in [1.165, 1.54) is 25.7 Å². The predicted molar refractivity (Wildman–Crippen MR) is 58.5 cm³/mol. The van der Waals surface area contributed by atoms with Crippen molar-refractivity contribution in [1.82, 2.24) is 5.32 Å². The van der Waals surface area contributed by atoms with Crippen molar-refractivity contribution >= 4 is 6.09 Å². The first kappa shape index (κ1) is 13.0. The Balaban J connectivity index is 2.92. The number of hydrogen-bond donors (Lipinski definition) is 2. The third-order valence-electron chi connectivity index (χ3n) is 2.11. The Hall–Kier alpha value is -0.990. The lowest BCUT2D eigenvalue weighted by molar-refractivity contribution is 0.194. The molecule has 0 rings (SSSR count). The maximum Gasteiger partial charge on any atom is 0.404 e. The Morgan fingerprint density at radius 3 is 2.29 bits per heavy atom. The first-order chi connectivity index (χ1) is 6.77. The van der Waals surface area contributed by atoms with Crippen LogP contribution in [-0.2, 0) is 0 Å². The Labute approximate surface area is 86.2 Å². The van der Waals surface area contributed by atoms with Gasteiger partial charge in [0, 0.05) is 6.54 Å². The molecule has 0 fully saturated rings. The second-order valence-electron chi connectivity index (χ2n) is 3.43. The van der Waals surface area contributed by atoms with Crippen LogP contribution in [0.5, 0.6) is 0 Å². The lowest BCUT2D eigenvalue weighted by atomic mass is 10.1. The number of amides is 1. The van der Waals surface area contributed by atoms with Gasteiger partial charge in [0.1, 0.15) is 0 Å². The summed E-state index contributed by atoms with van der Waals surface area (Å²) in [5, 5.41) is 10.7. The molecule has 0 saturated heterocycles. The summed E-state index contributed by atoms with van der Waals surface area (Å²) >= 11 is 0. The van der Waals surface area contributed by atoms with Gasteiger partial charge in [-0.25, -0.2) is 4.79 Å². The van der Waals surface area contributed by atoms with Gasteiger partial charge in [-0.15, -0.1) is 6.58 Å². The van der Waals surface area contributed by atoms with Crippen LogP contribution >= 0.6 is 0 Å². The van der Waals surface area contributed by atoms with Crippen molar-refractivity contribution in [2.24, 2.45) is 0 Å². The van der Waals surface area contributed by atoms with Gasteiger partial charge in [-0.2, -0.15) is 0 Å². The topological polar surface area (TPSA) is 49.3 Å². The van der Waals surface area contributed by atoms with Crippen molar-refractivity contribution in [3.05, 3.63) is 12.7 Å². The molecular weight excluding hydrogens is 178 g/mol. The smallest absolute Gasteiger partial charge is 0.404 e. The number of allylic oxidation sites excluding steroid dienone is 1. The lowest BCUT2D eigenvalue weighted by Gasteiger charge is -2.01. The molecule has 0 unspecified atom stereocenters. The molecule has 0 aliphatic heterocycles. The van der Waals surface area contributed by atoms with E-state index in [2.05, 4.69) is 11.9 Å². The summed E-state index contributed by atoms with van der Waals surface area (Å²) in [6.07, 6.45) is 9.17. The molecule has 0 aromatic rings. The second kappa shape index (κ2) is 10.1. The van der Waals surface area contributed by atoms with Crippen molar-refractivity contribution in [3.63, 3.8) is 0 Å². The van der Waals surface area contributed by atoms with Gasteiger partial charge >= 0.3 is 6.09 Å². The molecule has 3 nitrogen and oxygen atoms in total. The molecule has 0 radical (unpaired) electrons. The van der Waals surface area contributed by atoms with Gasteiger partial charge < -0.3 is 10.4 Å². The third-order valence-corrected chi connectivity index (χ3v) is 2.11. The number of nitrogens with one attached hydrogen (secondary N) is 1. The predicted octanol–water partition coefficient (Wildman–Crippen LogP) is 3.17. The number of rotatable bonds is 9. The van der Waals surface area contributed by atoms with E-state index in [0.29, 0.717) is 6.54 Å². The normalized spacial score (nSPS) is 9.71. The molecule has 3 heteroatoms. The van der Waals surface area contributed by atoms with Crippen LogP contribution in [-0.4, -0.2) is 17.7 Å². The second-order valence-corrected chi connectivity index (χ2v) is 3.43. The average molecular weight is 199 g/mol. The molecule has 14 heavy (non-hydrogen) atoms. The average Bonchev–Trinajstić information content (AvgIpc) is 2.15. The Bertz CT molecular complexity index is 157. The van der Waals surface area contributed by atoms with E-state index in [-0.39, 0.29) is 0 Å². The van der Waals surface area contributed by atoms with E-state index in [0.717, 1.165) is 19.3 Å². The summed E-state index contributed by atoms with van der Waals surface area (Å²) in [4.78, 5) is 10.1. The van der Waals surface area contributed by atoms with E-state index in [4.69, 9.17) is 5.11 Å². The van der Waals surface area contributed by atoms with Crippen LogP contribution in [0.4, 0.5) is 4.79 Å². The molecule has 2 N–H and O–H groups in total. The number of hydrogen-bond acceptors (Lipinski definition) is 1. The summed E-state index contributed by atoms with van der Waals surface area (Å²) in [5.74, 6) is 0. The summed E-state index contributed by atoms with van der Waals surface area (Å²) < 4.78 is 0. The van der Waals surface area contributed by atoms with Crippen LogP contribution in [0.1, 0.15) is 44.9 Å². The van der Waals surface area contributed by atoms with E-state index < -0.39 is 6.09 Å². The monoisotopic (exact) mass is 199 g/mol. The highest BCUT2D eigenvalue weighted by Crippen LogP contribution is 2.06. The van der Waals surface area contributed by atoms with Crippen LogP contribution in [0.15, 0.2) is 12.7 Å². The molecular formula is C11H21NO2. The van der Waals surface area contributed by atoms with Crippen LogP contribution < -0.4 is 5.32 Å². The minimum Gasteiger partial charge on any atom is -0.465 e. The van der Waals surface area contributed by atoms with Gasteiger partial charge in [0.2, 0.25) is 0 Å². The standard InChI is InChI=1S/C11H21NO2/c1-2-3-4-5-6-7-8-9-10-12-11(13)14/h2,12H,1,3-10H2,(H,13,14). The largest absolute Gasteiger partial charge is 0.465 e. The maximum absolute atomic E-state index is 10.1. The van der Waals surface area contributed by atoms with Gasteiger partial charge in [-0.05, 0) is 19.3 Å². The molecule has 0 aliphatic carbocycles. The van der Waals surface area contributed by atoms with Gasteiger partial charge in [0.25, 0.3) is 0 Å². The van der Waals surface area contributed by atoms with Crippen molar-refractivity contribution in [2.75, 3.05) is 6.54 Å². The minimum atomic E-state index is -0.920. The van der Waals surface area contributed by atoms with Crippen molar-refractivity contribution < 1.29 is 9.90 Å². The quantitative estimate of drug-likeness (QED) is 0.442. The van der Waals surface area contributed by atoms with E-state index in [1.807, 2.05) is 6.08 Å². The van der Waals surface area contributed by atoms with Crippen LogP contribution in [0, 0.1) is 0 Å². The summed E-state index contributed by atoms with van der Waals surface area (Å²) in [7, 11) is 0. The highest BCUT2D eigenvalue weighted by Gasteiger charge is 1.93. The summed E-state index contributed by atoms with van der Waals surface area (Å²) in [5.41, 5.74) is 0. The molecule has 0 bridgehead atoms. The summed E-state index contributed by atoms with van der Waals surface area (Å²) in [6, 6.07) is 0. The van der Waals surface area contributed by atoms with Crippen LogP contribution in [0.3, 0.4) is 0 Å². The highest BCUT2D eigenvalue weighted by atomic mass is 16.4. The fourth-order valence-corrected chi connectivity index (χ4v) is 1.32. The van der Waals surface area contributed by atoms with E-state index in [9.17, 15) is 4.79 Å². The van der Waals surface area contributed by atoms with Crippen molar-refractivity contribution in [1.29, 1.82) is 0 Å². The molecule has 0 saturated carbocycles. The van der Waals surface area contributed by atoms with Gasteiger partial charge in [0.15, 0.2) is 0 Å². The zero-order valence-corrected chi connectivity index (χ0v) is 8.80. The Morgan fingerprint density at radius 2 is 1.71 bits per heavy atom. The Morgan fingerprint density at radius 1 is 1.14 bits per heavy atom. The number of unbranched alkanes of at least 4 members (excludes halogenated alkanes) is 6. The van der Waals surface area contributed by atoms with E-state index in [1.54, 1.807) is 0 Å². The van der Waals surface area contributed by atoms with Crippen LogP contribution in [0.25, 0.3) is 0 Å². The fourth-order valence-electron chi connectivity index (χ4n) is 1.32. The zero-order valence-electron chi connectivity index (χ0n) is 8.80. The minimum absolute atomic E-state index is 0.585. The fraction of sp³-hybridized carbons (Fsp3) is 0.727. The number of carboxylic acid groups (broad SMARTS) is 1. The van der Waals surface area contributed by atoms with E-state index >= 15 is 0 Å². The molecule has 0 atom stereocenters. The van der Waals surface area contributed by atoms with Gasteiger partial charge in [-0.1, -0.05) is 31.8 Å². The molecule has 0 aliphatic rings. The molecule has 0 aromatic carbocycles. The molecule has 1 amide bonds. The van der Waals surface area contributed by atoms with Gasteiger partial charge in [-0.3, -0.25) is 0 Å². The Kier molecular flexibility index (Phi) is 9.38. The third kappa shape index (κ3) is 11.0. The molecule has 0 heterocycles. The first-order valence-corrected chi connectivity index (χ1v) is 5.35. The van der Waals surface area contributed by atoms with Crippen LogP contribution in [0.2, 0.25) is 0 Å². The van der Waals surface area contributed by atoms with Crippen molar-refractivity contribution in [2.45, 2.75) is 44.9 Å². The number of carbonyl (C=O) groups is 1. The van der Waals surface area contributed by atoms with Gasteiger partial charge in [0.05, 0.1) is 0 Å². The lowest BCUT2D eigenvalue weighted by Crippen LogP contribution is -2.21. The zero-order chi connectivity index (χ0) is 10.6. The first-order valence-electron chi connectivity index (χ1n) is 5.35. The maximum atomic E-state index is 10.1. The SMILES string of the molecule is C=CCCCCCCCCNC(=O)O. The molecule has 82 valence electrons. The highest BCUT2D eigenvalue weighted by molar-refractivity contribution is 5.64. The summed E-state index contributed by atoms with van der Waals surface area (Å²) in [6.45, 7) is 4.26.